The molecule has 2 unspecified atom stereocenters. The summed E-state index contributed by atoms with van der Waals surface area (Å²) in [6.45, 7) is 0. The van der Waals surface area contributed by atoms with E-state index in [-0.39, 0.29) is 17.4 Å². The SMILES string of the molecule is N#Cc1ccc(-c2nc(-c3ccccc3)nc(-n3c4c(c5ccccc53)C=CC3c5ccccc5N(c5ccc6c(c5)C5(C7=C6C=CCC7)c6ccccc6-c6ccccc65)C43)n2)cc1. The molecule has 0 bridgehead atoms. The first kappa shape index (κ1) is 36.1. The molecule has 6 heteroatoms. The van der Waals surface area contributed by atoms with E-state index in [1.54, 1.807) is 0 Å². The molecule has 1 spiro atoms. The van der Waals surface area contributed by atoms with Crippen LogP contribution in [0, 0.1) is 11.3 Å². The third kappa shape index (κ3) is 4.90. The molecule has 9 aromatic rings. The van der Waals surface area contributed by atoms with Crippen LogP contribution >= 0.6 is 0 Å². The number of aromatic nitrogens is 4. The number of benzene rings is 7. The summed E-state index contributed by atoms with van der Waals surface area (Å²) in [6.07, 6.45) is 11.5. The predicted molar refractivity (Wildman–Crippen MR) is 259 cm³/mol. The topological polar surface area (TPSA) is 70.6 Å². The predicted octanol–water partition coefficient (Wildman–Crippen LogP) is 13.5. The molecule has 0 N–H and O–H groups in total. The van der Waals surface area contributed by atoms with Crippen LogP contribution in [0.2, 0.25) is 0 Å². The first-order chi connectivity index (χ1) is 32.2. The molecule has 0 fully saturated rings. The number of para-hydroxylation sites is 2. The van der Waals surface area contributed by atoms with Gasteiger partial charge in [-0.3, -0.25) is 4.57 Å². The van der Waals surface area contributed by atoms with Gasteiger partial charge in [-0.05, 0) is 111 Å². The summed E-state index contributed by atoms with van der Waals surface area (Å²) in [5, 5.41) is 10.8. The van der Waals surface area contributed by atoms with E-state index in [1.165, 1.54) is 61.3 Å². The van der Waals surface area contributed by atoms with Crippen molar-refractivity contribution in [1.29, 1.82) is 5.26 Å². The zero-order valence-electron chi connectivity index (χ0n) is 35.2. The van der Waals surface area contributed by atoms with Gasteiger partial charge in [0.2, 0.25) is 5.95 Å². The lowest BCUT2D eigenvalue weighted by atomic mass is 9.68. The molecule has 0 radical (unpaired) electrons. The Hall–Kier alpha value is -8.40. The molecule has 7 aromatic carbocycles. The van der Waals surface area contributed by atoms with Crippen molar-refractivity contribution in [3.63, 3.8) is 0 Å². The average Bonchev–Trinajstić information content (AvgIpc) is 4.09. The van der Waals surface area contributed by atoms with Crippen LogP contribution in [0.1, 0.15) is 69.4 Å². The Kier molecular flexibility index (Phi) is 7.53. The largest absolute Gasteiger partial charge is 0.331 e. The number of rotatable bonds is 4. The van der Waals surface area contributed by atoms with Gasteiger partial charge >= 0.3 is 0 Å². The van der Waals surface area contributed by atoms with Gasteiger partial charge in [0.05, 0.1) is 34.3 Å². The van der Waals surface area contributed by atoms with E-state index in [2.05, 4.69) is 155 Å². The van der Waals surface area contributed by atoms with Crippen LogP contribution in [0.25, 0.3) is 62.4 Å². The van der Waals surface area contributed by atoms with Gasteiger partial charge in [-0.1, -0.05) is 146 Å². The van der Waals surface area contributed by atoms with E-state index in [9.17, 15) is 5.26 Å². The smallest absolute Gasteiger partial charge is 0.238 e. The van der Waals surface area contributed by atoms with E-state index < -0.39 is 0 Å². The van der Waals surface area contributed by atoms with Gasteiger partial charge < -0.3 is 4.90 Å². The van der Waals surface area contributed by atoms with Crippen LogP contribution in [0.4, 0.5) is 11.4 Å². The maximum Gasteiger partial charge on any atom is 0.238 e. The lowest BCUT2D eigenvalue weighted by molar-refractivity contribution is 0.629. The second-order valence-corrected chi connectivity index (χ2v) is 17.7. The van der Waals surface area contributed by atoms with Gasteiger partial charge in [0.1, 0.15) is 0 Å². The molecule has 65 heavy (non-hydrogen) atoms. The molecule has 6 nitrogen and oxygen atoms in total. The zero-order valence-corrected chi connectivity index (χ0v) is 35.2. The number of anilines is 2. The summed E-state index contributed by atoms with van der Waals surface area (Å²) in [5.41, 5.74) is 19.9. The molecule has 2 atom stereocenters. The van der Waals surface area contributed by atoms with Crippen LogP contribution < -0.4 is 4.90 Å². The van der Waals surface area contributed by atoms with E-state index in [1.807, 2.05) is 54.6 Å². The number of fused-ring (bicyclic) bond motifs is 16. The second kappa shape index (κ2) is 13.6. The molecule has 5 aliphatic rings. The second-order valence-electron chi connectivity index (χ2n) is 17.7. The number of hydrogen-bond donors (Lipinski definition) is 0. The van der Waals surface area contributed by atoms with E-state index in [0.29, 0.717) is 23.2 Å². The minimum atomic E-state index is -0.385. The molecule has 2 aromatic heterocycles. The van der Waals surface area contributed by atoms with E-state index in [4.69, 9.17) is 15.0 Å². The number of nitrogens with zero attached hydrogens (tertiary/aromatic N) is 6. The molecular weight excluding hydrogens is 793 g/mol. The normalized spacial score (nSPS) is 17.6. The third-order valence-corrected chi connectivity index (χ3v) is 14.6. The third-order valence-electron chi connectivity index (χ3n) is 14.6. The Morgan fingerprint density at radius 2 is 1.31 bits per heavy atom. The summed E-state index contributed by atoms with van der Waals surface area (Å²) in [6, 6.07) is 62.8. The van der Waals surface area contributed by atoms with Gasteiger partial charge in [-0.2, -0.15) is 15.2 Å². The van der Waals surface area contributed by atoms with Gasteiger partial charge in [-0.15, -0.1) is 0 Å². The van der Waals surface area contributed by atoms with Crippen molar-refractivity contribution in [2.24, 2.45) is 0 Å². The van der Waals surface area contributed by atoms with Crippen LogP contribution in [-0.4, -0.2) is 19.5 Å². The average molecular weight is 831 g/mol. The quantitative estimate of drug-likeness (QED) is 0.177. The lowest BCUT2D eigenvalue weighted by Crippen LogP contribution is -2.29. The monoisotopic (exact) mass is 830 g/mol. The summed E-state index contributed by atoms with van der Waals surface area (Å²) in [7, 11) is 0. The highest BCUT2D eigenvalue weighted by Crippen LogP contribution is 2.65. The Morgan fingerprint density at radius 1 is 0.615 bits per heavy atom. The Balaban J connectivity index is 1.02. The van der Waals surface area contributed by atoms with Crippen LogP contribution in [0.3, 0.4) is 0 Å². The van der Waals surface area contributed by atoms with Crippen molar-refractivity contribution >= 4 is 33.9 Å². The fourth-order valence-corrected chi connectivity index (χ4v) is 12.0. The Morgan fingerprint density at radius 3 is 2.09 bits per heavy atom. The zero-order chi connectivity index (χ0) is 42.8. The molecule has 3 heterocycles. The Bertz CT molecular complexity index is 3590. The molecule has 0 amide bonds. The lowest BCUT2D eigenvalue weighted by Gasteiger charge is -2.36. The van der Waals surface area contributed by atoms with Gasteiger partial charge in [0, 0.05) is 39.4 Å². The van der Waals surface area contributed by atoms with Crippen molar-refractivity contribution in [2.75, 3.05) is 4.90 Å². The van der Waals surface area contributed by atoms with Crippen molar-refractivity contribution in [2.45, 2.75) is 30.2 Å². The minimum Gasteiger partial charge on any atom is -0.331 e. The van der Waals surface area contributed by atoms with Gasteiger partial charge in [-0.25, -0.2) is 4.98 Å². The standard InChI is InChI=1S/C59H38N6/c60-35-36-26-28-38(29-27-36)57-61-56(37-14-2-1-3-15-37)62-58(63-57)65-53-25-13-8-20-45(53)47-33-32-46-44-19-7-12-24-52(44)64(54(46)55(47)65)39-30-31-43-42-18-6-11-23-50(42)59(51(43)34-39)48-21-9-4-16-40(48)41-17-5-10-22-49(41)59/h1-10,12-22,24-34,46,54H,11,23H2. The molecular formula is C59H38N6. The Labute approximate surface area is 376 Å². The van der Waals surface area contributed by atoms with Gasteiger partial charge in [0.25, 0.3) is 0 Å². The molecule has 0 saturated heterocycles. The molecule has 1 aliphatic heterocycles. The fraction of sp³-hybridized carbons (Fsp3) is 0.0847. The van der Waals surface area contributed by atoms with E-state index >= 15 is 0 Å². The van der Waals surface area contributed by atoms with Crippen molar-refractivity contribution in [1.82, 2.24) is 19.5 Å². The van der Waals surface area contributed by atoms with Crippen molar-refractivity contribution < 1.29 is 0 Å². The first-order valence-electron chi connectivity index (χ1n) is 22.5. The van der Waals surface area contributed by atoms with Crippen LogP contribution in [-0.2, 0) is 5.41 Å². The maximum absolute atomic E-state index is 9.64. The number of allylic oxidation sites excluding steroid dienone is 4. The number of hydrogen-bond acceptors (Lipinski definition) is 5. The summed E-state index contributed by atoms with van der Waals surface area (Å²) < 4.78 is 2.30. The highest BCUT2D eigenvalue weighted by Gasteiger charge is 2.53. The van der Waals surface area contributed by atoms with Gasteiger partial charge in [0.15, 0.2) is 11.6 Å². The number of nitriles is 1. The molecule has 14 rings (SSSR count). The highest BCUT2D eigenvalue weighted by molar-refractivity contribution is 5.99. The first-order valence-corrected chi connectivity index (χ1v) is 22.5. The van der Waals surface area contributed by atoms with Crippen LogP contribution in [0.15, 0.2) is 194 Å². The van der Waals surface area contributed by atoms with E-state index in [0.717, 1.165) is 46.3 Å². The highest BCUT2D eigenvalue weighted by atomic mass is 15.3. The summed E-state index contributed by atoms with van der Waals surface area (Å²) in [5.74, 6) is 1.74. The van der Waals surface area contributed by atoms with Crippen molar-refractivity contribution in [3.05, 3.63) is 238 Å². The molecule has 4 aliphatic carbocycles. The fourth-order valence-electron chi connectivity index (χ4n) is 12.0. The molecule has 304 valence electrons. The van der Waals surface area contributed by atoms with Crippen molar-refractivity contribution in [3.8, 4) is 45.9 Å². The summed E-state index contributed by atoms with van der Waals surface area (Å²) in [4.78, 5) is 18.3. The molecule has 0 saturated carbocycles. The maximum atomic E-state index is 9.64. The minimum absolute atomic E-state index is 0.0552. The van der Waals surface area contributed by atoms with Crippen LogP contribution in [0.5, 0.6) is 0 Å². The summed E-state index contributed by atoms with van der Waals surface area (Å²) >= 11 is 0.